The second-order valence-electron chi connectivity index (χ2n) is 9.80. The van der Waals surface area contributed by atoms with Crippen LogP contribution < -0.4 is 10.1 Å². The number of methoxy groups -OCH3 is 1. The molecule has 212 valence electrons. The van der Waals surface area contributed by atoms with Gasteiger partial charge < -0.3 is 20.1 Å². The number of aromatic nitrogens is 1. The highest BCUT2D eigenvalue weighted by atomic mass is 19.4. The number of halogens is 5. The number of benzene rings is 2. The smallest absolute Gasteiger partial charge is 0.408 e. The number of aromatic carboxylic acids is 1. The number of aryl methyl sites for hydroxylation is 1. The molecule has 1 aromatic heterocycles. The van der Waals surface area contributed by atoms with E-state index in [1.165, 1.54) is 18.2 Å². The SMILES string of the molecule is COc1cc(C)c2[nH]ccc2c1CN1CCN(CC(F)F)CC1c1ccc(C(=O)O)c(NC(C)C(F)(F)F)c1. The first-order valence-electron chi connectivity index (χ1n) is 12.5. The molecule has 1 saturated heterocycles. The lowest BCUT2D eigenvalue weighted by molar-refractivity contribution is -0.138. The van der Waals surface area contributed by atoms with E-state index in [2.05, 4.69) is 15.2 Å². The lowest BCUT2D eigenvalue weighted by Crippen LogP contribution is -2.49. The standard InChI is InChI=1S/C27H31F5N4O3/c1-15-10-23(39-3)20(18-6-7-33-25(15)18)12-36-9-8-35(14-24(28)29)13-22(36)17-4-5-19(26(37)38)21(11-17)34-16(2)27(30,31)32/h4-7,10-11,16,22,24,33-34H,8-9,12-14H2,1-3H3,(H,37,38). The van der Waals surface area contributed by atoms with Crippen molar-refractivity contribution in [1.82, 2.24) is 14.8 Å². The molecule has 12 heteroatoms. The van der Waals surface area contributed by atoms with Crippen LogP contribution in [-0.4, -0.2) is 77.8 Å². The highest BCUT2D eigenvalue weighted by Crippen LogP contribution is 2.36. The third kappa shape index (κ3) is 6.27. The number of anilines is 1. The van der Waals surface area contributed by atoms with Crippen LogP contribution in [0, 0.1) is 6.92 Å². The van der Waals surface area contributed by atoms with Crippen molar-refractivity contribution < 1.29 is 36.6 Å². The molecular formula is C27H31F5N4O3. The Morgan fingerprint density at radius 1 is 1.23 bits per heavy atom. The van der Waals surface area contributed by atoms with Crippen molar-refractivity contribution in [2.75, 3.05) is 38.6 Å². The van der Waals surface area contributed by atoms with Crippen LogP contribution in [0.1, 0.15) is 40.0 Å². The summed E-state index contributed by atoms with van der Waals surface area (Å²) in [6.07, 6.45) is -5.32. The monoisotopic (exact) mass is 554 g/mol. The Morgan fingerprint density at radius 3 is 2.62 bits per heavy atom. The Bertz CT molecular complexity index is 1330. The van der Waals surface area contributed by atoms with Crippen molar-refractivity contribution in [3.63, 3.8) is 0 Å². The number of carboxylic acid groups (broad SMARTS) is 1. The first-order chi connectivity index (χ1) is 18.4. The van der Waals surface area contributed by atoms with Crippen LogP contribution in [0.3, 0.4) is 0 Å². The molecule has 0 radical (unpaired) electrons. The van der Waals surface area contributed by atoms with Gasteiger partial charge in [-0.2, -0.15) is 13.2 Å². The molecule has 7 nitrogen and oxygen atoms in total. The molecule has 0 saturated carbocycles. The number of ether oxygens (including phenoxy) is 1. The number of piperazine rings is 1. The van der Waals surface area contributed by atoms with Gasteiger partial charge in [-0.3, -0.25) is 9.80 Å². The maximum absolute atomic E-state index is 13.3. The zero-order valence-electron chi connectivity index (χ0n) is 21.8. The summed E-state index contributed by atoms with van der Waals surface area (Å²) in [6.45, 7) is 3.77. The van der Waals surface area contributed by atoms with Crippen molar-refractivity contribution in [3.8, 4) is 5.75 Å². The third-order valence-electron chi connectivity index (χ3n) is 7.19. The molecule has 39 heavy (non-hydrogen) atoms. The van der Waals surface area contributed by atoms with Crippen molar-refractivity contribution in [2.24, 2.45) is 0 Å². The predicted octanol–water partition coefficient (Wildman–Crippen LogP) is 5.67. The summed E-state index contributed by atoms with van der Waals surface area (Å²) in [6, 6.07) is 5.53. The molecule has 2 aromatic carbocycles. The molecule has 1 fully saturated rings. The zero-order chi connectivity index (χ0) is 28.5. The number of alkyl halides is 5. The van der Waals surface area contributed by atoms with Crippen LogP contribution >= 0.6 is 0 Å². The van der Waals surface area contributed by atoms with E-state index in [-0.39, 0.29) is 17.8 Å². The second-order valence-corrected chi connectivity index (χ2v) is 9.80. The fourth-order valence-electron chi connectivity index (χ4n) is 5.12. The summed E-state index contributed by atoms with van der Waals surface area (Å²) >= 11 is 0. The third-order valence-corrected chi connectivity index (χ3v) is 7.19. The summed E-state index contributed by atoms with van der Waals surface area (Å²) < 4.78 is 72.1. The van der Waals surface area contributed by atoms with Crippen molar-refractivity contribution in [1.29, 1.82) is 0 Å². The number of rotatable bonds is 9. The van der Waals surface area contributed by atoms with E-state index in [1.807, 2.05) is 25.3 Å². The average Bonchev–Trinajstić information content (AvgIpc) is 3.36. The molecule has 0 bridgehead atoms. The molecule has 4 rings (SSSR count). The number of hydrogen-bond acceptors (Lipinski definition) is 5. The Morgan fingerprint density at radius 2 is 1.97 bits per heavy atom. The van der Waals surface area contributed by atoms with Gasteiger partial charge in [-0.15, -0.1) is 0 Å². The molecule has 0 aliphatic carbocycles. The largest absolute Gasteiger partial charge is 0.496 e. The highest BCUT2D eigenvalue weighted by molar-refractivity contribution is 5.94. The van der Waals surface area contributed by atoms with Gasteiger partial charge in [0.25, 0.3) is 6.43 Å². The molecule has 3 N–H and O–H groups in total. The minimum Gasteiger partial charge on any atom is -0.496 e. The van der Waals surface area contributed by atoms with Gasteiger partial charge in [0.15, 0.2) is 0 Å². The maximum atomic E-state index is 13.3. The van der Waals surface area contributed by atoms with Gasteiger partial charge in [0.2, 0.25) is 0 Å². The molecular weight excluding hydrogens is 523 g/mol. The number of fused-ring (bicyclic) bond motifs is 1. The first kappa shape index (κ1) is 28.6. The summed E-state index contributed by atoms with van der Waals surface area (Å²) in [7, 11) is 1.57. The summed E-state index contributed by atoms with van der Waals surface area (Å²) in [5.74, 6) is -0.714. The Kier molecular flexibility index (Phi) is 8.36. The van der Waals surface area contributed by atoms with E-state index in [9.17, 15) is 31.9 Å². The van der Waals surface area contributed by atoms with E-state index < -0.39 is 37.2 Å². The minimum absolute atomic E-state index is 0.184. The van der Waals surface area contributed by atoms with Crippen molar-refractivity contribution >= 4 is 22.6 Å². The van der Waals surface area contributed by atoms with E-state index in [0.29, 0.717) is 30.9 Å². The first-order valence-corrected chi connectivity index (χ1v) is 12.5. The van der Waals surface area contributed by atoms with E-state index in [0.717, 1.165) is 29.0 Å². The van der Waals surface area contributed by atoms with E-state index in [4.69, 9.17) is 4.74 Å². The van der Waals surface area contributed by atoms with Crippen LogP contribution in [0.2, 0.25) is 0 Å². The number of carbonyl (C=O) groups is 1. The quantitative estimate of drug-likeness (QED) is 0.296. The molecule has 2 atom stereocenters. The lowest BCUT2D eigenvalue weighted by atomic mass is 9.97. The van der Waals surface area contributed by atoms with Gasteiger partial charge in [0.1, 0.15) is 11.8 Å². The molecule has 2 unspecified atom stereocenters. The molecule has 0 spiro atoms. The predicted molar refractivity (Wildman–Crippen MR) is 138 cm³/mol. The lowest BCUT2D eigenvalue weighted by Gasteiger charge is -2.42. The number of hydrogen-bond donors (Lipinski definition) is 3. The summed E-state index contributed by atoms with van der Waals surface area (Å²) in [5, 5.41) is 12.8. The van der Waals surface area contributed by atoms with Crippen LogP contribution in [0.25, 0.3) is 10.9 Å². The normalized spacial score (nSPS) is 18.0. The molecule has 0 amide bonds. The number of H-pyrrole nitrogens is 1. The van der Waals surface area contributed by atoms with Gasteiger partial charge in [0, 0.05) is 60.6 Å². The molecule has 1 aliphatic rings. The van der Waals surface area contributed by atoms with Gasteiger partial charge in [-0.25, -0.2) is 13.6 Å². The fourth-order valence-corrected chi connectivity index (χ4v) is 5.12. The second kappa shape index (κ2) is 11.4. The minimum atomic E-state index is -4.60. The zero-order valence-corrected chi connectivity index (χ0v) is 21.8. The Balaban J connectivity index is 1.75. The van der Waals surface area contributed by atoms with Crippen LogP contribution in [0.4, 0.5) is 27.6 Å². The maximum Gasteiger partial charge on any atom is 0.408 e. The number of carboxylic acids is 1. The van der Waals surface area contributed by atoms with Gasteiger partial charge in [-0.05, 0) is 49.2 Å². The number of nitrogens with one attached hydrogen (secondary N) is 2. The van der Waals surface area contributed by atoms with Crippen molar-refractivity contribution in [3.05, 3.63) is 58.8 Å². The average molecular weight is 555 g/mol. The number of nitrogens with zero attached hydrogens (tertiary/aromatic N) is 2. The fraction of sp³-hybridized carbons (Fsp3) is 0.444. The van der Waals surface area contributed by atoms with E-state index in [1.54, 1.807) is 12.0 Å². The Labute approximate surface area is 222 Å². The van der Waals surface area contributed by atoms with Gasteiger partial charge in [-0.1, -0.05) is 6.07 Å². The van der Waals surface area contributed by atoms with Crippen LogP contribution in [-0.2, 0) is 6.54 Å². The van der Waals surface area contributed by atoms with Gasteiger partial charge in [0.05, 0.1) is 19.2 Å². The summed E-state index contributed by atoms with van der Waals surface area (Å²) in [5.41, 5.74) is 2.85. The Hall–Kier alpha value is -3.38. The van der Waals surface area contributed by atoms with Crippen LogP contribution in [0.5, 0.6) is 5.75 Å². The molecule has 1 aliphatic heterocycles. The molecule has 2 heterocycles. The van der Waals surface area contributed by atoms with Crippen molar-refractivity contribution in [2.45, 2.75) is 45.1 Å². The number of aromatic amines is 1. The van der Waals surface area contributed by atoms with Crippen LogP contribution in [0.15, 0.2) is 36.5 Å². The molecule has 3 aromatic rings. The van der Waals surface area contributed by atoms with Gasteiger partial charge >= 0.3 is 12.1 Å². The topological polar surface area (TPSA) is 80.8 Å². The summed E-state index contributed by atoms with van der Waals surface area (Å²) in [4.78, 5) is 18.7. The van der Waals surface area contributed by atoms with E-state index >= 15 is 0 Å². The highest BCUT2D eigenvalue weighted by Gasteiger charge is 2.37.